The molecule has 94 valence electrons. The smallest absolute Gasteiger partial charge is 0.0303 e. The number of nitrogens with two attached hydrogens (primary N) is 1. The topological polar surface area (TPSA) is 26.0 Å². The average molecular weight is 322 g/mol. The second-order valence-electron chi connectivity index (χ2n) is 4.11. The average Bonchev–Trinajstić information content (AvgIpc) is 2.38. The van der Waals surface area contributed by atoms with E-state index in [2.05, 4.69) is 65.3 Å². The van der Waals surface area contributed by atoms with Crippen LogP contribution in [-0.2, 0) is 0 Å². The minimum Gasteiger partial charge on any atom is -0.324 e. The Morgan fingerprint density at radius 2 is 1.94 bits per heavy atom. The molecule has 0 aromatic heterocycles. The lowest BCUT2D eigenvalue weighted by Gasteiger charge is -2.14. The van der Waals surface area contributed by atoms with Crippen LogP contribution < -0.4 is 5.73 Å². The second-order valence-corrected chi connectivity index (χ2v) is 6.14. The third kappa shape index (κ3) is 3.37. The van der Waals surface area contributed by atoms with E-state index in [0.29, 0.717) is 0 Å². The highest BCUT2D eigenvalue weighted by Crippen LogP contribution is 2.34. The highest BCUT2D eigenvalue weighted by Gasteiger charge is 2.09. The highest BCUT2D eigenvalue weighted by molar-refractivity contribution is 9.10. The largest absolute Gasteiger partial charge is 0.324 e. The Morgan fingerprint density at radius 1 is 1.17 bits per heavy atom. The van der Waals surface area contributed by atoms with E-state index < -0.39 is 0 Å². The van der Waals surface area contributed by atoms with Gasteiger partial charge >= 0.3 is 0 Å². The lowest BCUT2D eigenvalue weighted by molar-refractivity contribution is 0.685. The molecule has 0 unspecified atom stereocenters. The zero-order chi connectivity index (χ0) is 13.0. The first-order valence-electron chi connectivity index (χ1n) is 5.98. The summed E-state index contributed by atoms with van der Waals surface area (Å²) in [4.78, 5) is 2.46. The molecule has 0 heterocycles. The number of halogens is 1. The first kappa shape index (κ1) is 13.7. The zero-order valence-electron chi connectivity index (χ0n) is 10.3. The molecular formula is C15H16BrNS. The molecule has 0 fully saturated rings. The van der Waals surface area contributed by atoms with E-state index in [1.165, 1.54) is 15.4 Å². The van der Waals surface area contributed by atoms with E-state index in [1.807, 2.05) is 6.07 Å². The quantitative estimate of drug-likeness (QED) is 0.856. The molecule has 1 atom stereocenters. The summed E-state index contributed by atoms with van der Waals surface area (Å²) in [6, 6.07) is 16.8. The summed E-state index contributed by atoms with van der Waals surface area (Å²) in [5, 5.41) is 0. The van der Waals surface area contributed by atoms with E-state index in [9.17, 15) is 0 Å². The minimum absolute atomic E-state index is 0.112. The van der Waals surface area contributed by atoms with Gasteiger partial charge in [0, 0.05) is 20.3 Å². The van der Waals surface area contributed by atoms with Gasteiger partial charge in [0.05, 0.1) is 0 Å². The molecule has 2 rings (SSSR count). The lowest BCUT2D eigenvalue weighted by Crippen LogP contribution is -2.09. The predicted molar refractivity (Wildman–Crippen MR) is 81.9 cm³/mol. The number of hydrogen-bond donors (Lipinski definition) is 1. The van der Waals surface area contributed by atoms with Crippen LogP contribution >= 0.6 is 27.7 Å². The molecule has 0 aliphatic carbocycles. The van der Waals surface area contributed by atoms with E-state index in [-0.39, 0.29) is 6.04 Å². The maximum atomic E-state index is 6.16. The van der Waals surface area contributed by atoms with Crippen molar-refractivity contribution in [3.05, 3.63) is 58.6 Å². The fraction of sp³-hybridized carbons (Fsp3) is 0.200. The first-order valence-corrected chi connectivity index (χ1v) is 7.59. The molecule has 0 spiro atoms. The summed E-state index contributed by atoms with van der Waals surface area (Å²) in [7, 11) is 0. The Morgan fingerprint density at radius 3 is 2.67 bits per heavy atom. The van der Waals surface area contributed by atoms with Gasteiger partial charge in [-0.15, -0.1) is 0 Å². The van der Waals surface area contributed by atoms with Gasteiger partial charge in [0.1, 0.15) is 0 Å². The summed E-state index contributed by atoms with van der Waals surface area (Å²) >= 11 is 5.26. The van der Waals surface area contributed by atoms with Crippen LogP contribution in [0, 0.1) is 0 Å². The van der Waals surface area contributed by atoms with Crippen molar-refractivity contribution in [1.82, 2.24) is 0 Å². The molecule has 0 amide bonds. The molecule has 0 saturated heterocycles. The van der Waals surface area contributed by atoms with Crippen LogP contribution in [-0.4, -0.2) is 0 Å². The van der Waals surface area contributed by atoms with Crippen molar-refractivity contribution in [1.29, 1.82) is 0 Å². The Bertz CT molecular complexity index is 527. The van der Waals surface area contributed by atoms with Crippen molar-refractivity contribution in [2.75, 3.05) is 0 Å². The molecule has 2 aromatic rings. The SMILES string of the molecule is CC[C@@H](N)c1ccccc1Sc1cccc(Br)c1. The van der Waals surface area contributed by atoms with Crippen molar-refractivity contribution in [3.63, 3.8) is 0 Å². The summed E-state index contributed by atoms with van der Waals surface area (Å²) in [5.41, 5.74) is 7.38. The molecular weight excluding hydrogens is 306 g/mol. The predicted octanol–water partition coefficient (Wildman–Crippen LogP) is 5.01. The number of hydrogen-bond acceptors (Lipinski definition) is 2. The van der Waals surface area contributed by atoms with Gasteiger partial charge in [0.25, 0.3) is 0 Å². The Kier molecular flexibility index (Phi) is 4.87. The van der Waals surface area contributed by atoms with Crippen LogP contribution in [0.15, 0.2) is 62.8 Å². The van der Waals surface area contributed by atoms with Crippen LogP contribution in [0.1, 0.15) is 24.9 Å². The molecule has 0 radical (unpaired) electrons. The normalized spacial score (nSPS) is 12.4. The molecule has 2 aromatic carbocycles. The maximum Gasteiger partial charge on any atom is 0.0303 e. The second kappa shape index (κ2) is 6.41. The Balaban J connectivity index is 2.29. The van der Waals surface area contributed by atoms with Gasteiger partial charge in [0.2, 0.25) is 0 Å². The highest BCUT2D eigenvalue weighted by atomic mass is 79.9. The molecule has 18 heavy (non-hydrogen) atoms. The minimum atomic E-state index is 0.112. The van der Waals surface area contributed by atoms with Crippen molar-refractivity contribution in [2.45, 2.75) is 29.2 Å². The van der Waals surface area contributed by atoms with Gasteiger partial charge in [-0.05, 0) is 36.2 Å². The molecule has 0 aliphatic rings. The van der Waals surface area contributed by atoms with Crippen LogP contribution in [0.3, 0.4) is 0 Å². The summed E-state index contributed by atoms with van der Waals surface area (Å²) < 4.78 is 1.10. The van der Waals surface area contributed by atoms with Gasteiger partial charge in [-0.1, -0.05) is 58.9 Å². The molecule has 2 N–H and O–H groups in total. The van der Waals surface area contributed by atoms with E-state index in [4.69, 9.17) is 5.73 Å². The fourth-order valence-corrected chi connectivity index (χ4v) is 3.38. The number of rotatable bonds is 4. The van der Waals surface area contributed by atoms with Crippen LogP contribution in [0.2, 0.25) is 0 Å². The molecule has 1 nitrogen and oxygen atoms in total. The van der Waals surface area contributed by atoms with Crippen molar-refractivity contribution >= 4 is 27.7 Å². The number of benzene rings is 2. The summed E-state index contributed by atoms with van der Waals surface area (Å²) in [6.07, 6.45) is 0.954. The van der Waals surface area contributed by atoms with Gasteiger partial charge in [-0.25, -0.2) is 0 Å². The fourth-order valence-electron chi connectivity index (χ4n) is 1.76. The van der Waals surface area contributed by atoms with E-state index in [1.54, 1.807) is 11.8 Å². The molecule has 3 heteroatoms. The van der Waals surface area contributed by atoms with Crippen LogP contribution in [0.4, 0.5) is 0 Å². The van der Waals surface area contributed by atoms with Crippen LogP contribution in [0.5, 0.6) is 0 Å². The zero-order valence-corrected chi connectivity index (χ0v) is 12.7. The Hall–Kier alpha value is -0.770. The van der Waals surface area contributed by atoms with Crippen molar-refractivity contribution in [2.24, 2.45) is 5.73 Å². The monoisotopic (exact) mass is 321 g/mol. The third-order valence-corrected chi connectivity index (χ3v) is 4.36. The van der Waals surface area contributed by atoms with Gasteiger partial charge < -0.3 is 5.73 Å². The van der Waals surface area contributed by atoms with Crippen molar-refractivity contribution in [3.8, 4) is 0 Å². The first-order chi connectivity index (χ1) is 8.70. The molecule has 0 bridgehead atoms. The van der Waals surface area contributed by atoms with E-state index in [0.717, 1.165) is 10.9 Å². The van der Waals surface area contributed by atoms with Gasteiger partial charge in [-0.3, -0.25) is 0 Å². The standard InChI is InChI=1S/C15H16BrNS/c1-2-14(17)13-8-3-4-9-15(13)18-12-7-5-6-11(16)10-12/h3-10,14H,2,17H2,1H3/t14-/m1/s1. The summed E-state index contributed by atoms with van der Waals surface area (Å²) in [6.45, 7) is 2.12. The van der Waals surface area contributed by atoms with Crippen LogP contribution in [0.25, 0.3) is 0 Å². The Labute approximate surface area is 121 Å². The summed E-state index contributed by atoms with van der Waals surface area (Å²) in [5.74, 6) is 0. The molecule has 0 aliphatic heterocycles. The van der Waals surface area contributed by atoms with Gasteiger partial charge in [0.15, 0.2) is 0 Å². The lowest BCUT2D eigenvalue weighted by atomic mass is 10.1. The maximum absolute atomic E-state index is 6.16. The van der Waals surface area contributed by atoms with Gasteiger partial charge in [-0.2, -0.15) is 0 Å². The van der Waals surface area contributed by atoms with Crippen molar-refractivity contribution < 1.29 is 0 Å². The molecule has 0 saturated carbocycles. The third-order valence-electron chi connectivity index (χ3n) is 2.78. The van der Waals surface area contributed by atoms with E-state index >= 15 is 0 Å².